The number of rotatable bonds is 8. The van der Waals surface area contributed by atoms with E-state index in [0.717, 1.165) is 11.3 Å². The molecule has 1 amide bonds. The number of hydrogen-bond acceptors (Lipinski definition) is 9. The normalized spacial score (nSPS) is 14.3. The zero-order valence-corrected chi connectivity index (χ0v) is 27.3. The number of amides is 1. The fraction of sp³-hybridized carbons (Fsp3) is 0.143. The number of furan rings is 1. The van der Waals surface area contributed by atoms with E-state index in [2.05, 4.69) is 5.32 Å². The maximum Gasteiger partial charge on any atom is 0.338 e. The second-order valence-corrected chi connectivity index (χ2v) is 11.8. The summed E-state index contributed by atoms with van der Waals surface area (Å²) in [6.07, 6.45) is 1.60. The summed E-state index contributed by atoms with van der Waals surface area (Å²) in [4.78, 5) is 45.6. The van der Waals surface area contributed by atoms with Crippen LogP contribution in [0.1, 0.15) is 34.6 Å². The molecule has 6 rings (SSSR count). The fourth-order valence-electron chi connectivity index (χ4n) is 5.38. The van der Waals surface area contributed by atoms with Crippen molar-refractivity contribution < 1.29 is 28.2 Å². The Morgan fingerprint density at radius 3 is 2.51 bits per heavy atom. The summed E-state index contributed by atoms with van der Waals surface area (Å²) in [6.45, 7) is 1.74. The largest absolute Gasteiger partial charge is 0.497 e. The molecule has 1 atom stereocenters. The van der Waals surface area contributed by atoms with Crippen LogP contribution in [0.25, 0.3) is 17.4 Å². The highest BCUT2D eigenvalue weighted by Gasteiger charge is 2.34. The number of esters is 1. The first-order valence-electron chi connectivity index (χ1n) is 14.3. The molecule has 0 spiro atoms. The van der Waals surface area contributed by atoms with Gasteiger partial charge in [0.25, 0.3) is 11.5 Å². The van der Waals surface area contributed by atoms with Crippen molar-refractivity contribution in [3.05, 3.63) is 132 Å². The Morgan fingerprint density at radius 2 is 1.79 bits per heavy atom. The molecule has 3 aromatic carbocycles. The van der Waals surface area contributed by atoms with Gasteiger partial charge in [0.05, 0.1) is 42.7 Å². The summed E-state index contributed by atoms with van der Waals surface area (Å²) in [5.41, 5.74) is 2.25. The van der Waals surface area contributed by atoms with E-state index in [4.69, 9.17) is 35.2 Å². The second-order valence-electron chi connectivity index (χ2n) is 10.4. The first-order valence-corrected chi connectivity index (χ1v) is 15.5. The molecule has 0 saturated heterocycles. The molecule has 0 unspecified atom stereocenters. The molecule has 1 aliphatic heterocycles. The number of para-hydroxylation sites is 1. The number of hydrogen-bond donors (Lipinski definition) is 1. The van der Waals surface area contributed by atoms with Crippen molar-refractivity contribution in [1.82, 2.24) is 4.57 Å². The number of aromatic nitrogens is 1. The van der Waals surface area contributed by atoms with Crippen LogP contribution in [-0.2, 0) is 9.53 Å². The molecule has 3 heterocycles. The molecular formula is C35H28ClN3O7S. The number of thiazole rings is 1. The number of nitrogens with zero attached hydrogens (tertiary/aromatic N) is 2. The molecule has 10 nitrogen and oxygen atoms in total. The maximum atomic E-state index is 14.2. The molecule has 1 N–H and O–H groups in total. The summed E-state index contributed by atoms with van der Waals surface area (Å²) < 4.78 is 23.9. The molecule has 1 aliphatic rings. The number of carbonyl (C=O) groups is 2. The molecule has 0 bridgehead atoms. The Bertz CT molecular complexity index is 2230. The lowest BCUT2D eigenvalue weighted by Gasteiger charge is -2.26. The second kappa shape index (κ2) is 13.1. The Labute approximate surface area is 277 Å². The van der Waals surface area contributed by atoms with Crippen molar-refractivity contribution in [1.29, 1.82) is 0 Å². The van der Waals surface area contributed by atoms with Crippen molar-refractivity contribution in [2.75, 3.05) is 26.6 Å². The third-order valence-corrected chi connectivity index (χ3v) is 8.80. The number of methoxy groups -OCH3 is 3. The number of fused-ring (bicyclic) bond motifs is 1. The first kappa shape index (κ1) is 31.6. The van der Waals surface area contributed by atoms with Crippen molar-refractivity contribution in [2.24, 2.45) is 4.99 Å². The van der Waals surface area contributed by atoms with Gasteiger partial charge in [0.15, 0.2) is 4.80 Å². The lowest BCUT2D eigenvalue weighted by Crippen LogP contribution is -2.40. The Hall–Kier alpha value is -5.39. The standard InChI is InChI=1S/C35H28ClN3O7S/c1-19-30(32(40)38-21-8-6-5-7-9-21)31(25-14-11-22(43-2)17-28(25)44-3)39-33(41)29(47-35(39)37-19)18-23-12-15-27(46-23)26-16-20(36)10-13-24(26)34(42)45-4/h5-18,31H,1-4H3,(H,38,40)/b29-18+/t31-/m1/s1. The molecule has 238 valence electrons. The van der Waals surface area contributed by atoms with Gasteiger partial charge in [-0.25, -0.2) is 9.79 Å². The number of allylic oxidation sites excluding steroid dienone is 1. The molecule has 2 aromatic heterocycles. The quantitative estimate of drug-likeness (QED) is 0.214. The van der Waals surface area contributed by atoms with Crippen LogP contribution in [0.4, 0.5) is 5.69 Å². The predicted octanol–water partition coefficient (Wildman–Crippen LogP) is 5.59. The maximum absolute atomic E-state index is 14.2. The minimum atomic E-state index is -0.876. The summed E-state index contributed by atoms with van der Waals surface area (Å²) in [7, 11) is 4.35. The highest BCUT2D eigenvalue weighted by molar-refractivity contribution is 7.07. The molecule has 47 heavy (non-hydrogen) atoms. The summed E-state index contributed by atoms with van der Waals surface area (Å²) in [5, 5.41) is 3.35. The van der Waals surface area contributed by atoms with Gasteiger partial charge in [0.2, 0.25) is 0 Å². The third-order valence-electron chi connectivity index (χ3n) is 7.59. The van der Waals surface area contributed by atoms with Crippen LogP contribution in [0.15, 0.2) is 104 Å². The van der Waals surface area contributed by atoms with Gasteiger partial charge in [-0.15, -0.1) is 0 Å². The Kier molecular flexibility index (Phi) is 8.84. The molecule has 0 saturated carbocycles. The van der Waals surface area contributed by atoms with Gasteiger partial charge in [0, 0.05) is 34.0 Å². The van der Waals surface area contributed by atoms with E-state index < -0.39 is 17.9 Å². The van der Waals surface area contributed by atoms with Crippen molar-refractivity contribution in [2.45, 2.75) is 13.0 Å². The average Bonchev–Trinajstić information content (AvgIpc) is 3.67. The van der Waals surface area contributed by atoms with Gasteiger partial charge < -0.3 is 23.9 Å². The Balaban J connectivity index is 1.48. The monoisotopic (exact) mass is 669 g/mol. The zero-order valence-electron chi connectivity index (χ0n) is 25.7. The summed E-state index contributed by atoms with van der Waals surface area (Å²) in [6, 6.07) is 21.5. The van der Waals surface area contributed by atoms with E-state index in [1.54, 1.807) is 80.8 Å². The van der Waals surface area contributed by atoms with Gasteiger partial charge in [0.1, 0.15) is 29.1 Å². The van der Waals surface area contributed by atoms with Crippen LogP contribution < -0.4 is 29.7 Å². The topological polar surface area (TPSA) is 121 Å². The van der Waals surface area contributed by atoms with Crippen LogP contribution in [-0.4, -0.2) is 37.8 Å². The van der Waals surface area contributed by atoms with Gasteiger partial charge in [-0.3, -0.25) is 14.2 Å². The van der Waals surface area contributed by atoms with E-state index >= 15 is 0 Å². The molecule has 12 heteroatoms. The van der Waals surface area contributed by atoms with Gasteiger partial charge in [-0.05, 0) is 61.5 Å². The van der Waals surface area contributed by atoms with Crippen LogP contribution in [0.2, 0.25) is 5.02 Å². The zero-order chi connectivity index (χ0) is 33.2. The predicted molar refractivity (Wildman–Crippen MR) is 179 cm³/mol. The number of ether oxygens (including phenoxy) is 3. The first-order chi connectivity index (χ1) is 22.7. The number of carbonyl (C=O) groups excluding carboxylic acids is 2. The Morgan fingerprint density at radius 1 is 1.00 bits per heavy atom. The van der Waals surface area contributed by atoms with Crippen LogP contribution >= 0.6 is 22.9 Å². The van der Waals surface area contributed by atoms with E-state index in [1.165, 1.54) is 18.8 Å². The van der Waals surface area contributed by atoms with Crippen LogP contribution in [0, 0.1) is 0 Å². The SMILES string of the molecule is COC(=O)c1ccc(Cl)cc1-c1ccc(/C=c2/sc3n(c2=O)[C@H](c2ccc(OC)cc2OC)C(C(=O)Nc2ccccc2)=C(C)N=3)o1. The minimum absolute atomic E-state index is 0.280. The highest BCUT2D eigenvalue weighted by Crippen LogP contribution is 2.38. The average molecular weight is 670 g/mol. The lowest BCUT2D eigenvalue weighted by atomic mass is 9.94. The number of nitrogens with one attached hydrogen (secondary N) is 1. The van der Waals surface area contributed by atoms with E-state index in [0.29, 0.717) is 59.9 Å². The van der Waals surface area contributed by atoms with Gasteiger partial charge >= 0.3 is 5.97 Å². The number of halogens is 1. The minimum Gasteiger partial charge on any atom is -0.497 e. The third kappa shape index (κ3) is 6.10. The summed E-state index contributed by atoms with van der Waals surface area (Å²) >= 11 is 7.38. The number of anilines is 1. The molecular weight excluding hydrogens is 642 g/mol. The summed E-state index contributed by atoms with van der Waals surface area (Å²) in [5.74, 6) is 0.758. The molecule has 0 fully saturated rings. The van der Waals surface area contributed by atoms with E-state index in [9.17, 15) is 14.4 Å². The van der Waals surface area contributed by atoms with E-state index in [-0.39, 0.29) is 16.7 Å². The van der Waals surface area contributed by atoms with Crippen molar-refractivity contribution >= 4 is 46.6 Å². The number of benzene rings is 3. The van der Waals surface area contributed by atoms with E-state index in [1.807, 2.05) is 18.2 Å². The lowest BCUT2D eigenvalue weighted by molar-refractivity contribution is -0.113. The van der Waals surface area contributed by atoms with Crippen molar-refractivity contribution in [3.63, 3.8) is 0 Å². The van der Waals surface area contributed by atoms with Crippen molar-refractivity contribution in [3.8, 4) is 22.8 Å². The fourth-order valence-corrected chi connectivity index (χ4v) is 6.58. The smallest absolute Gasteiger partial charge is 0.338 e. The van der Waals surface area contributed by atoms with Crippen LogP contribution in [0.5, 0.6) is 11.5 Å². The van der Waals surface area contributed by atoms with Crippen LogP contribution in [0.3, 0.4) is 0 Å². The molecule has 5 aromatic rings. The van der Waals surface area contributed by atoms with Gasteiger partial charge in [-0.2, -0.15) is 0 Å². The highest BCUT2D eigenvalue weighted by atomic mass is 35.5. The molecule has 0 aliphatic carbocycles. The molecule has 0 radical (unpaired) electrons. The van der Waals surface area contributed by atoms with Gasteiger partial charge in [-0.1, -0.05) is 41.1 Å².